The smallest absolute Gasteiger partial charge is 0.337 e. The molecule has 0 atom stereocenters. The molecular formula is C12H7ClN2O4S. The molecule has 1 aromatic carbocycles. The number of rotatable bonds is 4. The Morgan fingerprint density at radius 1 is 1.40 bits per heavy atom. The molecule has 0 spiro atoms. The van der Waals surface area contributed by atoms with Gasteiger partial charge in [0.2, 0.25) is 0 Å². The van der Waals surface area contributed by atoms with E-state index in [0.29, 0.717) is 9.92 Å². The molecule has 1 heterocycles. The molecule has 0 aliphatic rings. The lowest BCUT2D eigenvalue weighted by molar-refractivity contribution is -0.388. The van der Waals surface area contributed by atoms with Gasteiger partial charge < -0.3 is 5.11 Å². The van der Waals surface area contributed by atoms with Crippen molar-refractivity contribution >= 4 is 35.0 Å². The van der Waals surface area contributed by atoms with Gasteiger partial charge in [0.25, 0.3) is 0 Å². The molecule has 0 bridgehead atoms. The first-order chi connectivity index (χ1) is 9.47. The Kier molecular flexibility index (Phi) is 4.21. The zero-order valence-electron chi connectivity index (χ0n) is 9.82. The molecular weight excluding hydrogens is 304 g/mol. The Hall–Kier alpha value is -2.12. The third kappa shape index (κ3) is 3.25. The largest absolute Gasteiger partial charge is 0.478 e. The minimum atomic E-state index is -1.26. The van der Waals surface area contributed by atoms with Gasteiger partial charge in [0.15, 0.2) is 5.03 Å². The van der Waals surface area contributed by atoms with Gasteiger partial charge in [0.1, 0.15) is 0 Å². The van der Waals surface area contributed by atoms with Crippen LogP contribution in [-0.4, -0.2) is 21.0 Å². The van der Waals surface area contributed by atoms with E-state index in [1.807, 2.05) is 0 Å². The molecule has 0 saturated carbocycles. The average Bonchev–Trinajstić information content (AvgIpc) is 2.38. The van der Waals surface area contributed by atoms with Crippen molar-refractivity contribution in [3.63, 3.8) is 0 Å². The van der Waals surface area contributed by atoms with Gasteiger partial charge >= 0.3 is 11.7 Å². The Morgan fingerprint density at radius 2 is 2.15 bits per heavy atom. The van der Waals surface area contributed by atoms with E-state index in [-0.39, 0.29) is 16.3 Å². The van der Waals surface area contributed by atoms with Gasteiger partial charge in [0.05, 0.1) is 10.5 Å². The number of nitrogens with zero attached hydrogens (tertiary/aromatic N) is 2. The number of pyridine rings is 1. The van der Waals surface area contributed by atoms with E-state index in [1.54, 1.807) is 24.3 Å². The maximum absolute atomic E-state index is 11.0. The second-order valence-corrected chi connectivity index (χ2v) is 5.17. The lowest BCUT2D eigenvalue weighted by atomic mass is 10.3. The van der Waals surface area contributed by atoms with Crippen LogP contribution in [0.4, 0.5) is 5.69 Å². The summed E-state index contributed by atoms with van der Waals surface area (Å²) in [6.07, 6.45) is 1.09. The number of hydrogen-bond acceptors (Lipinski definition) is 5. The molecule has 8 heteroatoms. The fraction of sp³-hybridized carbons (Fsp3) is 0. The Bertz CT molecular complexity index is 693. The SMILES string of the molecule is O=C(O)c1cnc(Sc2cccc(Cl)c2)c([N+](=O)[O-])c1. The number of hydrogen-bond donors (Lipinski definition) is 1. The highest BCUT2D eigenvalue weighted by atomic mass is 35.5. The summed E-state index contributed by atoms with van der Waals surface area (Å²) in [7, 11) is 0. The molecule has 6 nitrogen and oxygen atoms in total. The van der Waals surface area contributed by atoms with E-state index < -0.39 is 10.9 Å². The molecule has 0 aliphatic carbocycles. The average molecular weight is 311 g/mol. The molecule has 2 rings (SSSR count). The highest BCUT2D eigenvalue weighted by Crippen LogP contribution is 2.34. The van der Waals surface area contributed by atoms with Gasteiger partial charge in [-0.05, 0) is 18.2 Å². The predicted octanol–water partition coefficient (Wildman–Crippen LogP) is 3.49. The first kappa shape index (κ1) is 14.3. The van der Waals surface area contributed by atoms with Crippen LogP contribution >= 0.6 is 23.4 Å². The molecule has 0 fully saturated rings. The van der Waals surface area contributed by atoms with Crippen molar-refractivity contribution < 1.29 is 14.8 Å². The summed E-state index contributed by atoms with van der Waals surface area (Å²) in [6, 6.07) is 7.75. The van der Waals surface area contributed by atoms with Crippen LogP contribution in [0.25, 0.3) is 0 Å². The molecule has 1 N–H and O–H groups in total. The fourth-order valence-corrected chi connectivity index (χ4v) is 2.56. The maximum atomic E-state index is 11.0. The van der Waals surface area contributed by atoms with E-state index in [1.165, 1.54) is 0 Å². The minimum Gasteiger partial charge on any atom is -0.478 e. The zero-order valence-corrected chi connectivity index (χ0v) is 11.4. The van der Waals surface area contributed by atoms with Crippen LogP contribution in [0.15, 0.2) is 46.5 Å². The summed E-state index contributed by atoms with van der Waals surface area (Å²) in [4.78, 5) is 25.7. The van der Waals surface area contributed by atoms with Crippen LogP contribution in [0, 0.1) is 10.1 Å². The number of halogens is 1. The van der Waals surface area contributed by atoms with Crippen LogP contribution in [0.5, 0.6) is 0 Å². The number of nitro groups is 1. The topological polar surface area (TPSA) is 93.3 Å². The normalized spacial score (nSPS) is 10.2. The third-order valence-corrected chi connectivity index (χ3v) is 3.52. The molecule has 1 aromatic heterocycles. The summed E-state index contributed by atoms with van der Waals surface area (Å²) in [6.45, 7) is 0. The molecule has 0 radical (unpaired) electrons. The van der Waals surface area contributed by atoms with E-state index >= 15 is 0 Å². The summed E-state index contributed by atoms with van der Waals surface area (Å²) in [5.74, 6) is -1.26. The van der Waals surface area contributed by atoms with Gasteiger partial charge in [-0.15, -0.1) is 0 Å². The van der Waals surface area contributed by atoms with Gasteiger partial charge in [-0.1, -0.05) is 29.4 Å². The van der Waals surface area contributed by atoms with E-state index in [4.69, 9.17) is 16.7 Å². The van der Waals surface area contributed by atoms with Gasteiger partial charge in [-0.2, -0.15) is 0 Å². The van der Waals surface area contributed by atoms with Crippen LogP contribution < -0.4 is 0 Å². The Morgan fingerprint density at radius 3 is 2.75 bits per heavy atom. The van der Waals surface area contributed by atoms with Crippen molar-refractivity contribution in [2.75, 3.05) is 0 Å². The third-order valence-electron chi connectivity index (χ3n) is 2.29. The van der Waals surface area contributed by atoms with E-state index in [9.17, 15) is 14.9 Å². The minimum absolute atomic E-state index is 0.113. The Labute approximate surface area is 122 Å². The van der Waals surface area contributed by atoms with Crippen molar-refractivity contribution in [3.8, 4) is 0 Å². The van der Waals surface area contributed by atoms with Crippen LogP contribution in [0.1, 0.15) is 10.4 Å². The molecule has 0 saturated heterocycles. The van der Waals surface area contributed by atoms with Gasteiger partial charge in [-0.3, -0.25) is 10.1 Å². The van der Waals surface area contributed by atoms with Crippen molar-refractivity contribution in [1.82, 2.24) is 4.98 Å². The second kappa shape index (κ2) is 5.89. The summed E-state index contributed by atoms with van der Waals surface area (Å²) in [5, 5.41) is 20.4. The first-order valence-corrected chi connectivity index (χ1v) is 6.48. The maximum Gasteiger partial charge on any atom is 0.337 e. The van der Waals surface area contributed by atoms with Crippen molar-refractivity contribution in [2.24, 2.45) is 0 Å². The molecule has 20 heavy (non-hydrogen) atoms. The fourth-order valence-electron chi connectivity index (χ4n) is 1.41. The summed E-state index contributed by atoms with van der Waals surface area (Å²) >= 11 is 6.88. The van der Waals surface area contributed by atoms with Crippen molar-refractivity contribution in [1.29, 1.82) is 0 Å². The molecule has 0 amide bonds. The number of benzene rings is 1. The number of carboxylic acid groups (broad SMARTS) is 1. The number of carbonyl (C=O) groups is 1. The van der Waals surface area contributed by atoms with E-state index in [0.717, 1.165) is 24.0 Å². The van der Waals surface area contributed by atoms with E-state index in [2.05, 4.69) is 4.98 Å². The van der Waals surface area contributed by atoms with Crippen LogP contribution in [-0.2, 0) is 0 Å². The standard InChI is InChI=1S/C12H7ClN2O4S/c13-8-2-1-3-9(5-8)20-11-10(15(18)19)4-7(6-14-11)12(16)17/h1-6H,(H,16,17). The summed E-state index contributed by atoms with van der Waals surface area (Å²) in [5.41, 5.74) is -0.581. The highest BCUT2D eigenvalue weighted by Gasteiger charge is 2.19. The number of aromatic nitrogens is 1. The van der Waals surface area contributed by atoms with Crippen LogP contribution in [0.2, 0.25) is 5.02 Å². The zero-order chi connectivity index (χ0) is 14.7. The lowest BCUT2D eigenvalue weighted by Gasteiger charge is -2.03. The number of aromatic carboxylic acids is 1. The first-order valence-electron chi connectivity index (χ1n) is 5.28. The quantitative estimate of drug-likeness (QED) is 0.686. The van der Waals surface area contributed by atoms with Crippen LogP contribution in [0.3, 0.4) is 0 Å². The highest BCUT2D eigenvalue weighted by molar-refractivity contribution is 7.99. The number of carboxylic acids is 1. The lowest BCUT2D eigenvalue weighted by Crippen LogP contribution is -2.01. The molecule has 0 unspecified atom stereocenters. The Balaban J connectivity index is 2.41. The van der Waals surface area contributed by atoms with Crippen molar-refractivity contribution in [3.05, 3.63) is 57.2 Å². The molecule has 2 aromatic rings. The molecule has 0 aliphatic heterocycles. The van der Waals surface area contributed by atoms with Gasteiger partial charge in [0, 0.05) is 22.2 Å². The predicted molar refractivity (Wildman–Crippen MR) is 73.4 cm³/mol. The summed E-state index contributed by atoms with van der Waals surface area (Å²) < 4.78 is 0. The van der Waals surface area contributed by atoms with Crippen molar-refractivity contribution in [2.45, 2.75) is 9.92 Å². The second-order valence-electron chi connectivity index (χ2n) is 3.67. The van der Waals surface area contributed by atoms with Gasteiger partial charge in [-0.25, -0.2) is 9.78 Å². The monoisotopic (exact) mass is 310 g/mol. The molecule has 102 valence electrons.